The van der Waals surface area contributed by atoms with Crippen molar-refractivity contribution in [1.29, 1.82) is 0 Å². The smallest absolute Gasteiger partial charge is 0.412 e. The SMILES string of the molecule is COc1ccc(C2=CC(O)CCc3c2cc(OC)c(OC)c3OC)cc1NC(=O)OC(C)(C)C. The van der Waals surface area contributed by atoms with Gasteiger partial charge in [-0.2, -0.15) is 0 Å². The topological polar surface area (TPSA) is 95.5 Å². The molecule has 0 saturated carbocycles. The van der Waals surface area contributed by atoms with Crippen molar-refractivity contribution in [2.24, 2.45) is 0 Å². The lowest BCUT2D eigenvalue weighted by molar-refractivity contribution is 0.0635. The molecule has 34 heavy (non-hydrogen) atoms. The quantitative estimate of drug-likeness (QED) is 0.624. The number of methoxy groups -OCH3 is 4. The summed E-state index contributed by atoms with van der Waals surface area (Å²) < 4.78 is 27.7. The predicted octanol–water partition coefficient (Wildman–Crippen LogP) is 4.81. The second-order valence-corrected chi connectivity index (χ2v) is 8.90. The average molecular weight is 472 g/mol. The van der Waals surface area contributed by atoms with E-state index in [1.54, 1.807) is 60.3 Å². The second kappa shape index (κ2) is 10.3. The molecule has 0 radical (unpaired) electrons. The number of rotatable bonds is 6. The molecule has 1 aliphatic rings. The average Bonchev–Trinajstić information content (AvgIpc) is 2.95. The number of aliphatic hydroxyl groups excluding tert-OH is 1. The van der Waals surface area contributed by atoms with Crippen molar-refractivity contribution in [3.8, 4) is 23.0 Å². The van der Waals surface area contributed by atoms with Crippen molar-refractivity contribution in [3.63, 3.8) is 0 Å². The molecule has 1 aliphatic carbocycles. The van der Waals surface area contributed by atoms with E-state index >= 15 is 0 Å². The summed E-state index contributed by atoms with van der Waals surface area (Å²) in [6.07, 6.45) is 1.64. The molecule has 0 fully saturated rings. The van der Waals surface area contributed by atoms with Gasteiger partial charge in [0, 0.05) is 5.56 Å². The molecule has 3 rings (SSSR count). The zero-order valence-electron chi connectivity index (χ0n) is 20.8. The monoisotopic (exact) mass is 471 g/mol. The van der Waals surface area contributed by atoms with Crippen LogP contribution in [0.25, 0.3) is 5.57 Å². The normalized spacial score (nSPS) is 15.4. The number of fused-ring (bicyclic) bond motifs is 1. The molecule has 0 bridgehead atoms. The third-order valence-corrected chi connectivity index (χ3v) is 5.42. The van der Waals surface area contributed by atoms with Crippen molar-refractivity contribution in [3.05, 3.63) is 47.0 Å². The number of carbonyl (C=O) groups is 1. The summed E-state index contributed by atoms with van der Waals surface area (Å²) in [6, 6.07) is 7.30. The van der Waals surface area contributed by atoms with Crippen LogP contribution in [0.1, 0.15) is 43.9 Å². The van der Waals surface area contributed by atoms with Crippen molar-refractivity contribution in [2.45, 2.75) is 45.3 Å². The molecule has 184 valence electrons. The Hall–Kier alpha value is -3.39. The molecular weight excluding hydrogens is 438 g/mol. The number of ether oxygens (including phenoxy) is 5. The maximum atomic E-state index is 12.4. The summed E-state index contributed by atoms with van der Waals surface area (Å²) in [5.41, 5.74) is 3.09. The zero-order chi connectivity index (χ0) is 25.0. The van der Waals surface area contributed by atoms with Crippen molar-refractivity contribution >= 4 is 17.4 Å². The first-order valence-electron chi connectivity index (χ1n) is 11.0. The Morgan fingerprint density at radius 3 is 2.24 bits per heavy atom. The minimum Gasteiger partial charge on any atom is -0.495 e. The first-order valence-corrected chi connectivity index (χ1v) is 11.0. The zero-order valence-corrected chi connectivity index (χ0v) is 20.8. The summed E-state index contributed by atoms with van der Waals surface area (Å²) >= 11 is 0. The molecule has 0 saturated heterocycles. The predicted molar refractivity (Wildman–Crippen MR) is 130 cm³/mol. The molecule has 1 unspecified atom stereocenters. The fraction of sp³-hybridized carbons (Fsp3) is 0.423. The lowest BCUT2D eigenvalue weighted by Crippen LogP contribution is -2.27. The van der Waals surface area contributed by atoms with Crippen molar-refractivity contribution in [1.82, 2.24) is 0 Å². The number of anilines is 1. The van der Waals surface area contributed by atoms with Crippen LogP contribution in [0.2, 0.25) is 0 Å². The summed E-state index contributed by atoms with van der Waals surface area (Å²) in [4.78, 5) is 12.4. The van der Waals surface area contributed by atoms with Crippen LogP contribution in [0.5, 0.6) is 23.0 Å². The van der Waals surface area contributed by atoms with Gasteiger partial charge in [-0.1, -0.05) is 6.07 Å². The lowest BCUT2D eigenvalue weighted by Gasteiger charge is -2.22. The Morgan fingerprint density at radius 1 is 0.971 bits per heavy atom. The molecule has 1 amide bonds. The third-order valence-electron chi connectivity index (χ3n) is 5.42. The van der Waals surface area contributed by atoms with E-state index in [9.17, 15) is 9.90 Å². The van der Waals surface area contributed by atoms with Gasteiger partial charge >= 0.3 is 6.09 Å². The number of carbonyl (C=O) groups excluding carboxylic acids is 1. The van der Waals surface area contributed by atoms with Gasteiger partial charge in [0.25, 0.3) is 0 Å². The number of amides is 1. The number of benzene rings is 2. The third kappa shape index (κ3) is 5.39. The van der Waals surface area contributed by atoms with Crippen LogP contribution >= 0.6 is 0 Å². The Morgan fingerprint density at radius 2 is 1.65 bits per heavy atom. The van der Waals surface area contributed by atoms with Gasteiger partial charge in [-0.15, -0.1) is 0 Å². The molecule has 0 spiro atoms. The van der Waals surface area contributed by atoms with E-state index in [-0.39, 0.29) is 0 Å². The standard InChI is InChI=1S/C26H33NO7/c1-26(2,3)34-25(29)27-20-12-15(8-11-21(20)30-4)18-13-16(28)9-10-17-19(18)14-22(31-5)24(33-7)23(17)32-6/h8,11-14,16,28H,9-10H2,1-7H3,(H,27,29). The van der Waals surface area contributed by atoms with Crippen molar-refractivity contribution < 1.29 is 33.6 Å². The van der Waals surface area contributed by atoms with Crippen LogP contribution in [0.4, 0.5) is 10.5 Å². The highest BCUT2D eigenvalue weighted by molar-refractivity contribution is 5.91. The Bertz CT molecular complexity index is 1090. The van der Waals surface area contributed by atoms with E-state index in [0.717, 1.165) is 22.3 Å². The van der Waals surface area contributed by atoms with Crippen molar-refractivity contribution in [2.75, 3.05) is 33.8 Å². The molecule has 0 aromatic heterocycles. The molecule has 8 nitrogen and oxygen atoms in total. The second-order valence-electron chi connectivity index (χ2n) is 8.90. The molecule has 2 aromatic rings. The van der Waals surface area contributed by atoms with Gasteiger partial charge in [-0.3, -0.25) is 5.32 Å². The summed E-state index contributed by atoms with van der Waals surface area (Å²) in [5.74, 6) is 2.06. The minimum atomic E-state index is -0.673. The van der Waals surface area contributed by atoms with Gasteiger partial charge in [-0.05, 0) is 74.6 Å². The highest BCUT2D eigenvalue weighted by atomic mass is 16.6. The van der Waals surface area contributed by atoms with Crippen LogP contribution in [-0.2, 0) is 11.2 Å². The van der Waals surface area contributed by atoms with Gasteiger partial charge in [-0.25, -0.2) is 4.79 Å². The van der Waals surface area contributed by atoms with E-state index in [1.165, 1.54) is 7.11 Å². The van der Waals surface area contributed by atoms with E-state index in [1.807, 2.05) is 12.1 Å². The fourth-order valence-electron chi connectivity index (χ4n) is 4.00. The first kappa shape index (κ1) is 25.2. The molecule has 2 N–H and O–H groups in total. The minimum absolute atomic E-state index is 0.447. The highest BCUT2D eigenvalue weighted by Crippen LogP contribution is 2.47. The van der Waals surface area contributed by atoms with E-state index < -0.39 is 17.8 Å². The fourth-order valence-corrected chi connectivity index (χ4v) is 4.00. The molecule has 1 atom stereocenters. The number of nitrogens with one attached hydrogen (secondary N) is 1. The van der Waals surface area contributed by atoms with Crippen LogP contribution in [0, 0.1) is 0 Å². The largest absolute Gasteiger partial charge is 0.495 e. The number of aliphatic hydroxyl groups is 1. The lowest BCUT2D eigenvalue weighted by atomic mass is 9.92. The Labute approximate surface area is 200 Å². The van der Waals surface area contributed by atoms with Crippen LogP contribution in [0.15, 0.2) is 30.3 Å². The Balaban J connectivity index is 2.15. The van der Waals surface area contributed by atoms with E-state index in [2.05, 4.69) is 5.32 Å². The van der Waals surface area contributed by atoms with Gasteiger partial charge in [0.05, 0.1) is 40.2 Å². The molecule has 2 aromatic carbocycles. The Kier molecular flexibility index (Phi) is 7.61. The highest BCUT2D eigenvalue weighted by Gasteiger charge is 2.27. The molecular formula is C26H33NO7. The summed E-state index contributed by atoms with van der Waals surface area (Å²) in [7, 11) is 6.24. The first-order chi connectivity index (χ1) is 16.1. The van der Waals surface area contributed by atoms with E-state index in [4.69, 9.17) is 23.7 Å². The maximum absolute atomic E-state index is 12.4. The molecule has 0 heterocycles. The van der Waals surface area contributed by atoms with Gasteiger partial charge in [0.2, 0.25) is 5.75 Å². The van der Waals surface area contributed by atoms with E-state index in [0.29, 0.717) is 41.5 Å². The number of hydrogen-bond donors (Lipinski definition) is 2. The summed E-state index contributed by atoms with van der Waals surface area (Å²) in [5, 5.41) is 13.4. The molecule has 8 heteroatoms. The number of hydrogen-bond acceptors (Lipinski definition) is 7. The van der Waals surface area contributed by atoms with Crippen LogP contribution in [0.3, 0.4) is 0 Å². The maximum Gasteiger partial charge on any atom is 0.412 e. The van der Waals surface area contributed by atoms with Crippen LogP contribution in [-0.4, -0.2) is 51.3 Å². The molecule has 0 aliphatic heterocycles. The van der Waals surface area contributed by atoms with Crippen LogP contribution < -0.4 is 24.3 Å². The van der Waals surface area contributed by atoms with Gasteiger partial charge in [0.15, 0.2) is 11.5 Å². The van der Waals surface area contributed by atoms with Gasteiger partial charge in [0.1, 0.15) is 11.4 Å². The summed E-state index contributed by atoms with van der Waals surface area (Å²) in [6.45, 7) is 5.39. The van der Waals surface area contributed by atoms with Gasteiger partial charge < -0.3 is 28.8 Å².